The van der Waals surface area contributed by atoms with Crippen LogP contribution in [-0.4, -0.2) is 10.5 Å². The predicted molar refractivity (Wildman–Crippen MR) is 84.5 cm³/mol. The van der Waals surface area contributed by atoms with Crippen molar-refractivity contribution < 1.29 is 4.79 Å². The van der Waals surface area contributed by atoms with Crippen molar-refractivity contribution in [1.29, 1.82) is 0 Å². The van der Waals surface area contributed by atoms with Crippen LogP contribution in [0.2, 0.25) is 5.02 Å². The van der Waals surface area contributed by atoms with Gasteiger partial charge in [-0.05, 0) is 38.1 Å². The van der Waals surface area contributed by atoms with Gasteiger partial charge in [0.05, 0.1) is 5.02 Å². The number of nitrogens with zero attached hydrogens (tertiary/aromatic N) is 1. The molecule has 0 radical (unpaired) electrons. The van der Waals surface area contributed by atoms with Crippen molar-refractivity contribution in [3.05, 3.63) is 58.0 Å². The van der Waals surface area contributed by atoms with Crippen LogP contribution in [-0.2, 0) is 10.3 Å². The summed E-state index contributed by atoms with van der Waals surface area (Å²) in [5.74, 6) is -0.336. The van der Waals surface area contributed by atoms with E-state index < -0.39 is 5.54 Å². The molecular formula is C15H16ClN3O2. The maximum absolute atomic E-state index is 12.5. The summed E-state index contributed by atoms with van der Waals surface area (Å²) in [6, 6.07) is 9.66. The number of aromatic nitrogens is 1. The molecule has 1 amide bonds. The highest BCUT2D eigenvalue weighted by Gasteiger charge is 2.30. The number of halogens is 1. The Labute approximate surface area is 127 Å². The van der Waals surface area contributed by atoms with Gasteiger partial charge in [-0.25, -0.2) is 0 Å². The van der Waals surface area contributed by atoms with Crippen LogP contribution in [0.5, 0.6) is 0 Å². The van der Waals surface area contributed by atoms with Crippen LogP contribution in [0.25, 0.3) is 0 Å². The lowest BCUT2D eigenvalue weighted by atomic mass is 10.0. The van der Waals surface area contributed by atoms with Crippen LogP contribution >= 0.6 is 11.6 Å². The molecule has 0 spiro atoms. The van der Waals surface area contributed by atoms with E-state index in [-0.39, 0.29) is 11.5 Å². The van der Waals surface area contributed by atoms with Gasteiger partial charge in [-0.15, -0.1) is 0 Å². The number of anilines is 2. The standard InChI is InChI=1S/C15H16ClN3O2/c1-15(2,19-9-10(16)6-7-13(19)20)14(21)18-12-5-3-4-11(17)8-12/h3-9H,17H2,1-2H3,(H,18,21). The fourth-order valence-corrected chi connectivity index (χ4v) is 2.07. The molecule has 0 atom stereocenters. The van der Waals surface area contributed by atoms with Crippen LogP contribution in [0.3, 0.4) is 0 Å². The van der Waals surface area contributed by atoms with E-state index in [0.717, 1.165) is 0 Å². The number of amides is 1. The molecule has 2 rings (SSSR count). The number of nitrogen functional groups attached to an aromatic ring is 1. The highest BCUT2D eigenvalue weighted by molar-refractivity contribution is 6.30. The summed E-state index contributed by atoms with van der Waals surface area (Å²) in [7, 11) is 0. The molecule has 21 heavy (non-hydrogen) atoms. The average molecular weight is 306 g/mol. The van der Waals surface area contributed by atoms with Crippen molar-refractivity contribution in [3.8, 4) is 0 Å². The van der Waals surface area contributed by atoms with Gasteiger partial charge in [-0.3, -0.25) is 14.2 Å². The fourth-order valence-electron chi connectivity index (χ4n) is 1.91. The van der Waals surface area contributed by atoms with Gasteiger partial charge in [0, 0.05) is 23.6 Å². The normalized spacial score (nSPS) is 11.2. The Kier molecular flexibility index (Phi) is 4.04. The minimum Gasteiger partial charge on any atom is -0.399 e. The largest absolute Gasteiger partial charge is 0.399 e. The molecule has 0 saturated heterocycles. The van der Waals surface area contributed by atoms with Gasteiger partial charge in [-0.1, -0.05) is 17.7 Å². The molecule has 0 aliphatic rings. The van der Waals surface area contributed by atoms with Gasteiger partial charge >= 0.3 is 0 Å². The highest BCUT2D eigenvalue weighted by Crippen LogP contribution is 2.19. The maximum Gasteiger partial charge on any atom is 0.251 e. The lowest BCUT2D eigenvalue weighted by Gasteiger charge is -2.26. The lowest BCUT2D eigenvalue weighted by molar-refractivity contribution is -0.123. The van der Waals surface area contributed by atoms with E-state index in [1.807, 2.05) is 0 Å². The predicted octanol–water partition coefficient (Wildman–Crippen LogP) is 2.46. The molecule has 2 aromatic rings. The van der Waals surface area contributed by atoms with E-state index in [9.17, 15) is 9.59 Å². The second kappa shape index (κ2) is 5.61. The second-order valence-electron chi connectivity index (χ2n) is 5.19. The number of rotatable bonds is 3. The molecule has 0 aliphatic carbocycles. The summed E-state index contributed by atoms with van der Waals surface area (Å²) in [5.41, 5.74) is 5.40. The van der Waals surface area contributed by atoms with Gasteiger partial charge in [0.25, 0.3) is 5.56 Å². The topological polar surface area (TPSA) is 77.1 Å². The van der Waals surface area contributed by atoms with Crippen molar-refractivity contribution in [1.82, 2.24) is 4.57 Å². The van der Waals surface area contributed by atoms with E-state index in [4.69, 9.17) is 17.3 Å². The smallest absolute Gasteiger partial charge is 0.251 e. The molecule has 0 bridgehead atoms. The van der Waals surface area contributed by atoms with Crippen molar-refractivity contribution in [2.24, 2.45) is 0 Å². The fraction of sp³-hybridized carbons (Fsp3) is 0.200. The summed E-state index contributed by atoms with van der Waals surface area (Å²) >= 11 is 5.90. The second-order valence-corrected chi connectivity index (χ2v) is 5.63. The van der Waals surface area contributed by atoms with Crippen LogP contribution < -0.4 is 16.6 Å². The number of benzene rings is 1. The van der Waals surface area contributed by atoms with Gasteiger partial charge < -0.3 is 11.1 Å². The van der Waals surface area contributed by atoms with Crippen LogP contribution in [0.15, 0.2) is 47.4 Å². The highest BCUT2D eigenvalue weighted by atomic mass is 35.5. The van der Waals surface area contributed by atoms with Crippen molar-refractivity contribution in [2.45, 2.75) is 19.4 Å². The van der Waals surface area contributed by atoms with Gasteiger partial charge in [0.15, 0.2) is 0 Å². The zero-order valence-electron chi connectivity index (χ0n) is 11.8. The third kappa shape index (κ3) is 3.25. The molecule has 3 N–H and O–H groups in total. The Hall–Kier alpha value is -2.27. The average Bonchev–Trinajstić information content (AvgIpc) is 2.41. The van der Waals surface area contributed by atoms with E-state index >= 15 is 0 Å². The zero-order valence-corrected chi connectivity index (χ0v) is 12.5. The first kappa shape index (κ1) is 15.1. The van der Waals surface area contributed by atoms with Crippen LogP contribution in [0.1, 0.15) is 13.8 Å². The van der Waals surface area contributed by atoms with Gasteiger partial charge in [0.2, 0.25) is 5.91 Å². The number of nitrogens with two attached hydrogens (primary N) is 1. The van der Waals surface area contributed by atoms with Crippen molar-refractivity contribution in [2.75, 3.05) is 11.1 Å². The zero-order chi connectivity index (χ0) is 15.6. The third-order valence-corrected chi connectivity index (χ3v) is 3.40. The summed E-state index contributed by atoms with van der Waals surface area (Å²) in [4.78, 5) is 24.4. The van der Waals surface area contributed by atoms with E-state index in [0.29, 0.717) is 16.4 Å². The molecule has 5 nitrogen and oxygen atoms in total. The molecule has 1 aromatic heterocycles. The number of hydrogen-bond acceptors (Lipinski definition) is 3. The number of carbonyl (C=O) groups excluding carboxylic acids is 1. The van der Waals surface area contributed by atoms with E-state index in [1.54, 1.807) is 38.1 Å². The minimum atomic E-state index is -1.09. The monoisotopic (exact) mass is 305 g/mol. The van der Waals surface area contributed by atoms with E-state index in [1.165, 1.54) is 22.9 Å². The van der Waals surface area contributed by atoms with Crippen molar-refractivity contribution in [3.63, 3.8) is 0 Å². The number of nitrogens with one attached hydrogen (secondary N) is 1. The van der Waals surface area contributed by atoms with Crippen LogP contribution in [0, 0.1) is 0 Å². The first-order valence-electron chi connectivity index (χ1n) is 6.36. The number of carbonyl (C=O) groups is 1. The van der Waals surface area contributed by atoms with Gasteiger partial charge in [0.1, 0.15) is 5.54 Å². The Morgan fingerprint density at radius 2 is 2.00 bits per heavy atom. The molecule has 0 fully saturated rings. The van der Waals surface area contributed by atoms with Crippen molar-refractivity contribution >= 4 is 28.9 Å². The maximum atomic E-state index is 12.5. The lowest BCUT2D eigenvalue weighted by Crippen LogP contribution is -2.45. The molecule has 0 saturated carbocycles. The Balaban J connectivity index is 2.32. The Bertz CT molecular complexity index is 738. The number of pyridine rings is 1. The van der Waals surface area contributed by atoms with E-state index in [2.05, 4.69) is 5.32 Å². The third-order valence-electron chi connectivity index (χ3n) is 3.18. The molecule has 1 heterocycles. The summed E-state index contributed by atoms with van der Waals surface area (Å²) in [6.07, 6.45) is 1.45. The molecule has 110 valence electrons. The summed E-state index contributed by atoms with van der Waals surface area (Å²) in [6.45, 7) is 3.29. The molecule has 6 heteroatoms. The molecule has 1 aromatic carbocycles. The Morgan fingerprint density at radius 3 is 2.67 bits per heavy atom. The summed E-state index contributed by atoms with van der Waals surface area (Å²) in [5, 5.41) is 3.13. The SMILES string of the molecule is CC(C)(C(=O)Nc1cccc(N)c1)n1cc(Cl)ccc1=O. The first-order valence-corrected chi connectivity index (χ1v) is 6.74. The number of hydrogen-bond donors (Lipinski definition) is 2. The minimum absolute atomic E-state index is 0.299. The molecule has 0 unspecified atom stereocenters. The molecular weight excluding hydrogens is 290 g/mol. The molecule has 0 aliphatic heterocycles. The summed E-state index contributed by atoms with van der Waals surface area (Å²) < 4.78 is 1.30. The van der Waals surface area contributed by atoms with Crippen LogP contribution in [0.4, 0.5) is 11.4 Å². The quantitative estimate of drug-likeness (QED) is 0.855. The first-order chi connectivity index (χ1) is 9.80. The van der Waals surface area contributed by atoms with Gasteiger partial charge in [-0.2, -0.15) is 0 Å². The Morgan fingerprint density at radius 1 is 1.29 bits per heavy atom.